The molecule has 2 heterocycles. The van der Waals surface area contributed by atoms with Gasteiger partial charge in [-0.25, -0.2) is 4.39 Å². The van der Waals surface area contributed by atoms with Gasteiger partial charge < -0.3 is 10.1 Å². The predicted octanol–water partition coefficient (Wildman–Crippen LogP) is 2.63. The second kappa shape index (κ2) is 9.29. The molecule has 1 aromatic heterocycles. The van der Waals surface area contributed by atoms with Crippen LogP contribution in [0.25, 0.3) is 0 Å². The number of hydrogen-bond donors (Lipinski definition) is 1. The number of aromatic nitrogens is 1. The summed E-state index contributed by atoms with van der Waals surface area (Å²) in [5.41, 5.74) is 1.28. The van der Waals surface area contributed by atoms with Gasteiger partial charge in [-0.1, -0.05) is 12.1 Å². The van der Waals surface area contributed by atoms with E-state index in [1.54, 1.807) is 12.1 Å². The van der Waals surface area contributed by atoms with Gasteiger partial charge in [0.1, 0.15) is 0 Å². The monoisotopic (exact) mass is 357 g/mol. The molecule has 1 aliphatic heterocycles. The van der Waals surface area contributed by atoms with Crippen LogP contribution in [0.15, 0.2) is 48.8 Å². The van der Waals surface area contributed by atoms with Crippen molar-refractivity contribution in [2.24, 2.45) is 5.92 Å². The van der Waals surface area contributed by atoms with Gasteiger partial charge in [-0.3, -0.25) is 14.7 Å². The molecule has 26 heavy (non-hydrogen) atoms. The van der Waals surface area contributed by atoms with E-state index in [1.807, 2.05) is 24.5 Å². The Labute approximate surface area is 153 Å². The zero-order valence-corrected chi connectivity index (χ0v) is 14.7. The number of hydrogen-bond acceptors (Lipinski definition) is 4. The summed E-state index contributed by atoms with van der Waals surface area (Å²) in [4.78, 5) is 18.4. The Bertz CT molecular complexity index is 703. The van der Waals surface area contributed by atoms with Gasteiger partial charge in [0.15, 0.2) is 18.2 Å². The molecule has 2 aromatic rings. The summed E-state index contributed by atoms with van der Waals surface area (Å²) < 4.78 is 18.7. The summed E-state index contributed by atoms with van der Waals surface area (Å²) >= 11 is 0. The standard InChI is InChI=1S/C20H24FN3O2/c21-18-3-1-2-4-19(18)26-15-20(25)23-13-16-7-11-24(12-8-16)14-17-5-9-22-10-6-17/h1-6,9-10,16H,7-8,11-15H2,(H,23,25). The third kappa shape index (κ3) is 5.52. The fourth-order valence-corrected chi connectivity index (χ4v) is 3.11. The van der Waals surface area contributed by atoms with Gasteiger partial charge in [0.05, 0.1) is 0 Å². The maximum absolute atomic E-state index is 13.4. The number of para-hydroxylation sites is 1. The minimum atomic E-state index is -0.457. The minimum Gasteiger partial charge on any atom is -0.481 e. The molecule has 1 fully saturated rings. The molecule has 0 aliphatic carbocycles. The molecule has 1 saturated heterocycles. The van der Waals surface area contributed by atoms with Crippen LogP contribution >= 0.6 is 0 Å². The number of carbonyl (C=O) groups is 1. The molecular formula is C20H24FN3O2. The Kier molecular flexibility index (Phi) is 6.55. The SMILES string of the molecule is O=C(COc1ccccc1F)NCC1CCN(Cc2ccncc2)CC1. The molecule has 138 valence electrons. The molecule has 0 unspecified atom stereocenters. The van der Waals surface area contributed by atoms with E-state index in [4.69, 9.17) is 4.74 Å². The Morgan fingerprint density at radius 1 is 1.19 bits per heavy atom. The fourth-order valence-electron chi connectivity index (χ4n) is 3.11. The van der Waals surface area contributed by atoms with E-state index >= 15 is 0 Å². The fraction of sp³-hybridized carbons (Fsp3) is 0.400. The minimum absolute atomic E-state index is 0.104. The Hall–Kier alpha value is -2.47. The van der Waals surface area contributed by atoms with Gasteiger partial charge in [0.25, 0.3) is 5.91 Å². The number of rotatable bonds is 7. The average molecular weight is 357 g/mol. The van der Waals surface area contributed by atoms with E-state index < -0.39 is 5.82 Å². The summed E-state index contributed by atoms with van der Waals surface area (Å²) in [5.74, 6) is -0.0949. The smallest absolute Gasteiger partial charge is 0.257 e. The van der Waals surface area contributed by atoms with Crippen LogP contribution in [-0.4, -0.2) is 42.0 Å². The van der Waals surface area contributed by atoms with Crippen LogP contribution < -0.4 is 10.1 Å². The van der Waals surface area contributed by atoms with E-state index in [0.29, 0.717) is 12.5 Å². The second-order valence-corrected chi connectivity index (χ2v) is 6.60. The highest BCUT2D eigenvalue weighted by Gasteiger charge is 2.19. The van der Waals surface area contributed by atoms with Crippen LogP contribution in [0.1, 0.15) is 18.4 Å². The van der Waals surface area contributed by atoms with Crippen molar-refractivity contribution >= 4 is 5.91 Å². The van der Waals surface area contributed by atoms with Crippen molar-refractivity contribution in [2.75, 3.05) is 26.2 Å². The Morgan fingerprint density at radius 2 is 1.92 bits per heavy atom. The number of likely N-dealkylation sites (tertiary alicyclic amines) is 1. The largest absolute Gasteiger partial charge is 0.481 e. The predicted molar refractivity (Wildman–Crippen MR) is 97.1 cm³/mol. The summed E-state index contributed by atoms with van der Waals surface area (Å²) in [6.07, 6.45) is 5.75. The van der Waals surface area contributed by atoms with Crippen LogP contribution in [0.5, 0.6) is 5.75 Å². The number of amides is 1. The van der Waals surface area contributed by atoms with Gasteiger partial charge >= 0.3 is 0 Å². The van der Waals surface area contributed by atoms with E-state index in [1.165, 1.54) is 17.7 Å². The lowest BCUT2D eigenvalue weighted by atomic mass is 9.96. The lowest BCUT2D eigenvalue weighted by molar-refractivity contribution is -0.123. The number of nitrogens with zero attached hydrogens (tertiary/aromatic N) is 2. The first-order valence-corrected chi connectivity index (χ1v) is 8.96. The number of nitrogens with one attached hydrogen (secondary N) is 1. The molecule has 5 nitrogen and oxygen atoms in total. The lowest BCUT2D eigenvalue weighted by Gasteiger charge is -2.32. The first-order chi connectivity index (χ1) is 12.7. The number of halogens is 1. The van der Waals surface area contributed by atoms with Crippen LogP contribution in [0.3, 0.4) is 0 Å². The molecule has 0 bridgehead atoms. The van der Waals surface area contributed by atoms with Crippen LogP contribution in [-0.2, 0) is 11.3 Å². The van der Waals surface area contributed by atoms with Gasteiger partial charge in [0.2, 0.25) is 0 Å². The Balaban J connectivity index is 1.33. The van der Waals surface area contributed by atoms with Crippen molar-refractivity contribution in [3.05, 3.63) is 60.2 Å². The molecule has 3 rings (SSSR count). The number of benzene rings is 1. The average Bonchev–Trinajstić information content (AvgIpc) is 2.68. The highest BCUT2D eigenvalue weighted by atomic mass is 19.1. The van der Waals surface area contributed by atoms with Crippen molar-refractivity contribution in [1.82, 2.24) is 15.2 Å². The van der Waals surface area contributed by atoms with Crippen molar-refractivity contribution in [1.29, 1.82) is 0 Å². The van der Waals surface area contributed by atoms with E-state index in [9.17, 15) is 9.18 Å². The lowest BCUT2D eigenvalue weighted by Crippen LogP contribution is -2.39. The summed E-state index contributed by atoms with van der Waals surface area (Å²) in [5, 5.41) is 2.89. The maximum Gasteiger partial charge on any atom is 0.257 e. The first-order valence-electron chi connectivity index (χ1n) is 8.96. The van der Waals surface area contributed by atoms with E-state index in [-0.39, 0.29) is 18.3 Å². The topological polar surface area (TPSA) is 54.5 Å². The first kappa shape index (κ1) is 18.3. The molecule has 6 heteroatoms. The van der Waals surface area contributed by atoms with Crippen molar-refractivity contribution in [2.45, 2.75) is 19.4 Å². The second-order valence-electron chi connectivity index (χ2n) is 6.60. The Morgan fingerprint density at radius 3 is 2.65 bits per heavy atom. The molecule has 1 aromatic carbocycles. The molecule has 0 saturated carbocycles. The van der Waals surface area contributed by atoms with Gasteiger partial charge in [-0.2, -0.15) is 0 Å². The number of carbonyl (C=O) groups excluding carboxylic acids is 1. The van der Waals surface area contributed by atoms with Crippen LogP contribution in [0.2, 0.25) is 0 Å². The maximum atomic E-state index is 13.4. The van der Waals surface area contributed by atoms with E-state index in [0.717, 1.165) is 32.5 Å². The highest BCUT2D eigenvalue weighted by molar-refractivity contribution is 5.77. The molecule has 1 N–H and O–H groups in total. The summed E-state index contributed by atoms with van der Waals surface area (Å²) in [7, 11) is 0. The van der Waals surface area contributed by atoms with Gasteiger partial charge in [-0.15, -0.1) is 0 Å². The third-order valence-electron chi connectivity index (χ3n) is 4.65. The molecule has 1 aliphatic rings. The quantitative estimate of drug-likeness (QED) is 0.828. The highest BCUT2D eigenvalue weighted by Crippen LogP contribution is 2.18. The molecule has 1 amide bonds. The van der Waals surface area contributed by atoms with E-state index in [2.05, 4.69) is 15.2 Å². The van der Waals surface area contributed by atoms with Gasteiger partial charge in [0, 0.05) is 25.5 Å². The normalized spacial score (nSPS) is 15.6. The number of ether oxygens (including phenoxy) is 1. The zero-order valence-electron chi connectivity index (χ0n) is 14.7. The molecule has 0 spiro atoms. The third-order valence-corrected chi connectivity index (χ3v) is 4.65. The number of piperidine rings is 1. The zero-order chi connectivity index (χ0) is 18.2. The number of pyridine rings is 1. The van der Waals surface area contributed by atoms with Crippen LogP contribution in [0.4, 0.5) is 4.39 Å². The summed E-state index contributed by atoms with van der Waals surface area (Å²) in [6, 6.07) is 10.2. The van der Waals surface area contributed by atoms with Gasteiger partial charge in [-0.05, 0) is 61.7 Å². The summed E-state index contributed by atoms with van der Waals surface area (Å²) in [6.45, 7) is 3.46. The molecular weight excluding hydrogens is 333 g/mol. The molecule has 0 atom stereocenters. The van der Waals surface area contributed by atoms with Crippen LogP contribution in [0, 0.1) is 11.7 Å². The van der Waals surface area contributed by atoms with Crippen molar-refractivity contribution in [3.63, 3.8) is 0 Å². The van der Waals surface area contributed by atoms with Crippen molar-refractivity contribution < 1.29 is 13.9 Å². The molecule has 0 radical (unpaired) electrons. The van der Waals surface area contributed by atoms with Crippen molar-refractivity contribution in [3.8, 4) is 5.75 Å².